The Morgan fingerprint density at radius 1 is 1.07 bits per heavy atom. The van der Waals surface area contributed by atoms with Gasteiger partial charge in [-0.25, -0.2) is 0 Å². The van der Waals surface area contributed by atoms with Gasteiger partial charge in [0.15, 0.2) is 40.4 Å². The number of phenolic OH excluding ortho intramolecular Hbond substituents is 1. The summed E-state index contributed by atoms with van der Waals surface area (Å²) in [4.78, 5) is 85.3. The lowest BCUT2D eigenvalue weighted by atomic mass is 9.52. The van der Waals surface area contributed by atoms with Gasteiger partial charge in [0, 0.05) is 37.7 Å². The Morgan fingerprint density at radius 2 is 1.73 bits per heavy atom. The first-order valence-electron chi connectivity index (χ1n) is 13.4. The summed E-state index contributed by atoms with van der Waals surface area (Å²) in [6.07, 6.45) is -0.00428. The molecule has 4 aliphatic rings. The normalized spacial score (nSPS) is 33.0. The number of Topliss-reactive ketones (excluding diaryl/α,β-unsaturated/α-hetero) is 5. The molecule has 1 heterocycles. The fourth-order valence-corrected chi connectivity index (χ4v) is 7.16. The van der Waals surface area contributed by atoms with Crippen molar-refractivity contribution in [2.24, 2.45) is 29.4 Å². The van der Waals surface area contributed by atoms with E-state index in [-0.39, 0.29) is 36.3 Å². The molecule has 1 aromatic carbocycles. The van der Waals surface area contributed by atoms with Crippen LogP contribution in [0.15, 0.2) is 12.1 Å². The molecule has 0 bridgehead atoms. The fraction of sp³-hybridized carbons (Fsp3) is 0.571. The molecule has 0 spiro atoms. The third-order valence-electron chi connectivity index (χ3n) is 9.21. The van der Waals surface area contributed by atoms with Gasteiger partial charge in [0.1, 0.15) is 5.75 Å². The number of aromatic hydroxyl groups is 1. The summed E-state index contributed by atoms with van der Waals surface area (Å²) in [6.45, 7) is 3.19. The van der Waals surface area contributed by atoms with E-state index in [0.717, 1.165) is 13.1 Å². The number of hydrogen-bond acceptors (Lipinski definition) is 11. The average Bonchev–Trinajstić information content (AvgIpc) is 2.87. The van der Waals surface area contributed by atoms with Crippen molar-refractivity contribution in [2.75, 3.05) is 53.9 Å². The molecule has 40 heavy (non-hydrogen) atoms. The summed E-state index contributed by atoms with van der Waals surface area (Å²) in [7, 11) is 5.07. The van der Waals surface area contributed by atoms with Crippen molar-refractivity contribution in [1.29, 1.82) is 0 Å². The van der Waals surface area contributed by atoms with Gasteiger partial charge < -0.3 is 20.8 Å². The third kappa shape index (κ3) is 4.12. The molecule has 12 nitrogen and oxygen atoms in total. The molecule has 3 fully saturated rings. The number of hydrogen-bond donors (Lipinski definition) is 3. The maximum atomic E-state index is 13.9. The van der Waals surface area contributed by atoms with Crippen LogP contribution in [0.5, 0.6) is 5.75 Å². The largest absolute Gasteiger partial charge is 0.507 e. The Bertz CT molecular complexity index is 1330. The predicted octanol–water partition coefficient (Wildman–Crippen LogP) is -1.70. The van der Waals surface area contributed by atoms with E-state index >= 15 is 0 Å². The van der Waals surface area contributed by atoms with Gasteiger partial charge in [-0.1, -0.05) is 0 Å². The minimum absolute atomic E-state index is 0.0596. The molecular weight excluding hydrogens is 520 g/mol. The second kappa shape index (κ2) is 9.95. The number of phenols is 1. The molecule has 1 saturated heterocycles. The molecule has 6 atom stereocenters. The van der Waals surface area contributed by atoms with Crippen molar-refractivity contribution in [3.05, 3.63) is 28.8 Å². The fourth-order valence-electron chi connectivity index (χ4n) is 7.16. The van der Waals surface area contributed by atoms with Crippen LogP contribution in [0.25, 0.3) is 0 Å². The Balaban J connectivity index is 1.54. The Kier molecular flexibility index (Phi) is 7.02. The molecule has 12 heteroatoms. The van der Waals surface area contributed by atoms with Gasteiger partial charge in [0.25, 0.3) is 0 Å². The van der Waals surface area contributed by atoms with E-state index in [1.165, 1.54) is 31.1 Å². The highest BCUT2D eigenvalue weighted by Crippen LogP contribution is 2.51. The maximum Gasteiger partial charge on any atom is 0.235 e. The van der Waals surface area contributed by atoms with Crippen molar-refractivity contribution < 1.29 is 39.0 Å². The molecule has 2 saturated carbocycles. The van der Waals surface area contributed by atoms with E-state index in [9.17, 15) is 39.0 Å². The molecular formula is C28H34N4O8. The van der Waals surface area contributed by atoms with Gasteiger partial charge in [-0.2, -0.15) is 0 Å². The minimum Gasteiger partial charge on any atom is -0.507 e. The predicted molar refractivity (Wildman–Crippen MR) is 140 cm³/mol. The van der Waals surface area contributed by atoms with Gasteiger partial charge in [0.05, 0.1) is 24.1 Å². The van der Waals surface area contributed by atoms with E-state index in [1.807, 2.05) is 11.9 Å². The van der Waals surface area contributed by atoms with Crippen LogP contribution < -0.4 is 5.73 Å². The number of primary amides is 1. The molecule has 3 aliphatic carbocycles. The van der Waals surface area contributed by atoms with Gasteiger partial charge in [0.2, 0.25) is 5.91 Å². The topological polar surface area (TPSA) is 179 Å². The number of aliphatic hydroxyl groups is 1. The smallest absolute Gasteiger partial charge is 0.235 e. The third-order valence-corrected chi connectivity index (χ3v) is 9.21. The minimum atomic E-state index is -2.78. The maximum absolute atomic E-state index is 13.9. The number of piperazine rings is 1. The van der Waals surface area contributed by atoms with Crippen LogP contribution in [0.1, 0.15) is 32.7 Å². The first kappa shape index (κ1) is 28.2. The lowest BCUT2D eigenvalue weighted by molar-refractivity contribution is -0.181. The number of fused-ring (bicyclic) bond motifs is 3. The zero-order chi connectivity index (χ0) is 29.3. The zero-order valence-electron chi connectivity index (χ0n) is 22.8. The van der Waals surface area contributed by atoms with E-state index in [0.29, 0.717) is 18.7 Å². The molecule has 1 aliphatic heterocycles. The highest BCUT2D eigenvalue weighted by molar-refractivity contribution is 6.32. The van der Waals surface area contributed by atoms with Crippen LogP contribution in [-0.4, -0.2) is 125 Å². The van der Waals surface area contributed by atoms with Crippen molar-refractivity contribution in [2.45, 2.75) is 24.5 Å². The van der Waals surface area contributed by atoms with E-state index in [4.69, 9.17) is 5.73 Å². The number of amides is 1. The molecule has 1 amide bonds. The average molecular weight is 555 g/mol. The van der Waals surface area contributed by atoms with Gasteiger partial charge in [-0.15, -0.1) is 0 Å². The van der Waals surface area contributed by atoms with Crippen molar-refractivity contribution >= 4 is 34.8 Å². The Hall–Kier alpha value is -3.32. The first-order chi connectivity index (χ1) is 18.8. The number of benzene rings is 1. The number of nitrogens with zero attached hydrogens (tertiary/aromatic N) is 3. The van der Waals surface area contributed by atoms with Crippen LogP contribution in [0.4, 0.5) is 0 Å². The van der Waals surface area contributed by atoms with Gasteiger partial charge >= 0.3 is 0 Å². The number of rotatable bonds is 5. The molecule has 4 N–H and O–H groups in total. The zero-order valence-corrected chi connectivity index (χ0v) is 22.8. The summed E-state index contributed by atoms with van der Waals surface area (Å²) in [5.74, 6) is -11.4. The summed E-state index contributed by atoms with van der Waals surface area (Å²) < 4.78 is 0. The van der Waals surface area contributed by atoms with Crippen LogP contribution in [0.3, 0.4) is 0 Å². The van der Waals surface area contributed by atoms with E-state index < -0.39 is 70.1 Å². The highest BCUT2D eigenvalue weighted by Gasteiger charge is 2.69. The van der Waals surface area contributed by atoms with Crippen LogP contribution in [-0.2, 0) is 25.6 Å². The number of likely N-dealkylation sites (N-methyl/N-ethyl adjacent to an activating group) is 2. The van der Waals surface area contributed by atoms with Crippen LogP contribution in [0.2, 0.25) is 0 Å². The summed E-state index contributed by atoms with van der Waals surface area (Å²) in [5, 5.41) is 22.3. The molecule has 0 aromatic heterocycles. The van der Waals surface area contributed by atoms with Crippen molar-refractivity contribution in [3.8, 4) is 5.75 Å². The number of carbonyl (C=O) groups excluding carboxylic acids is 6. The second-order valence-corrected chi connectivity index (χ2v) is 11.8. The van der Waals surface area contributed by atoms with E-state index in [1.54, 1.807) is 0 Å². The van der Waals surface area contributed by atoms with Crippen molar-refractivity contribution in [1.82, 2.24) is 14.7 Å². The molecule has 214 valence electrons. The highest BCUT2D eigenvalue weighted by atomic mass is 16.3. The summed E-state index contributed by atoms with van der Waals surface area (Å²) >= 11 is 0. The second-order valence-electron chi connectivity index (χ2n) is 11.8. The molecule has 1 aromatic rings. The Labute approximate surface area is 231 Å². The summed E-state index contributed by atoms with van der Waals surface area (Å²) in [6, 6.07) is 1.55. The SMILES string of the molecule is CN1CCN(CC(=O)c2ccc(O)c3c2C[C@H]2C[C@H]4[C@H](N(C)C)C(=O)C(C(N)=O)C(=O)[C@@]4(O)C(=O)C2C3=O)CC1. The first-order valence-corrected chi connectivity index (χ1v) is 13.4. The van der Waals surface area contributed by atoms with Crippen molar-refractivity contribution in [3.63, 3.8) is 0 Å². The summed E-state index contributed by atoms with van der Waals surface area (Å²) in [5.41, 5.74) is 3.00. The molecule has 0 radical (unpaired) electrons. The standard InChI is InChI=1S/C28H34N4O8/c1-30(2)22-16-11-13-10-15-14(18(34)12-32-8-6-31(3)7-9-32)4-5-17(33)20(15)23(35)19(13)25(37)28(16,40)26(38)21(24(22)36)27(29)39/h4-5,13,16,19,21-22,33,40H,6-12H2,1-3H3,(H2,29,39)/t13-,16-,19?,21?,22-,28-/m0/s1. The Morgan fingerprint density at radius 3 is 2.33 bits per heavy atom. The quantitative estimate of drug-likeness (QED) is 0.279. The lowest BCUT2D eigenvalue weighted by Crippen LogP contribution is -2.74. The van der Waals surface area contributed by atoms with Gasteiger partial charge in [-0.3, -0.25) is 38.6 Å². The number of carbonyl (C=O) groups is 6. The van der Waals surface area contributed by atoms with Gasteiger partial charge in [-0.05, 0) is 57.6 Å². The molecule has 5 rings (SSSR count). The number of ketones is 5. The van der Waals surface area contributed by atoms with E-state index in [2.05, 4.69) is 4.90 Å². The number of nitrogens with two attached hydrogens (primary N) is 1. The van der Waals surface area contributed by atoms with Crippen LogP contribution >= 0.6 is 0 Å². The van der Waals surface area contributed by atoms with Crippen LogP contribution in [0, 0.1) is 23.7 Å². The lowest BCUT2D eigenvalue weighted by Gasteiger charge is -2.52. The molecule has 2 unspecified atom stereocenters. The monoisotopic (exact) mass is 554 g/mol.